The molecule has 2 aromatic heterocycles. The van der Waals surface area contributed by atoms with Gasteiger partial charge in [-0.05, 0) is 24.6 Å². The Hall–Kier alpha value is -2.91. The average molecular weight is 327 g/mol. The van der Waals surface area contributed by atoms with Crippen molar-refractivity contribution in [3.63, 3.8) is 0 Å². The lowest BCUT2D eigenvalue weighted by Gasteiger charge is -2.10. The maximum absolute atomic E-state index is 11.2. The van der Waals surface area contributed by atoms with Gasteiger partial charge >= 0.3 is 5.97 Å². The lowest BCUT2D eigenvalue weighted by atomic mass is 10.0. The summed E-state index contributed by atoms with van der Waals surface area (Å²) in [7, 11) is 0. The van der Waals surface area contributed by atoms with Gasteiger partial charge in [-0.15, -0.1) is 0 Å². The van der Waals surface area contributed by atoms with E-state index in [1.165, 1.54) is 10.7 Å². The molecule has 1 N–H and O–H groups in total. The molecule has 0 unspecified atom stereocenters. The van der Waals surface area contributed by atoms with E-state index in [1.54, 1.807) is 25.1 Å². The van der Waals surface area contributed by atoms with E-state index < -0.39 is 5.97 Å². The van der Waals surface area contributed by atoms with Crippen LogP contribution >= 0.6 is 11.6 Å². The van der Waals surface area contributed by atoms with Gasteiger partial charge in [0.25, 0.3) is 0 Å². The molecule has 7 heteroatoms. The lowest BCUT2D eigenvalue weighted by Crippen LogP contribution is -2.05. The van der Waals surface area contributed by atoms with Gasteiger partial charge in [0.15, 0.2) is 5.65 Å². The molecule has 0 radical (unpaired) electrons. The second-order valence-electron chi connectivity index (χ2n) is 5.05. The number of hydrogen-bond donors (Lipinski definition) is 1. The van der Waals surface area contributed by atoms with Crippen LogP contribution in [0.3, 0.4) is 0 Å². The lowest BCUT2D eigenvalue weighted by molar-refractivity contribution is 0.0698. The predicted molar refractivity (Wildman–Crippen MR) is 83.7 cm³/mol. The fraction of sp³-hybridized carbons (Fsp3) is 0.125. The summed E-state index contributed by atoms with van der Waals surface area (Å²) in [5, 5.41) is 22.5. The Balaban J connectivity index is 2.11. The van der Waals surface area contributed by atoms with Crippen LogP contribution in [0.15, 0.2) is 30.5 Å². The quantitative estimate of drug-likeness (QED) is 0.747. The first-order valence-corrected chi connectivity index (χ1v) is 7.14. The molecule has 0 atom stereocenters. The molecule has 0 aliphatic carbocycles. The molecule has 0 fully saturated rings. The number of aromatic nitrogens is 3. The number of nitrogens with zero attached hydrogens (tertiary/aromatic N) is 4. The van der Waals surface area contributed by atoms with Gasteiger partial charge in [-0.1, -0.05) is 23.7 Å². The molecule has 0 saturated heterocycles. The first-order valence-electron chi connectivity index (χ1n) is 6.76. The minimum absolute atomic E-state index is 0.00743. The van der Waals surface area contributed by atoms with Gasteiger partial charge in [-0.3, -0.25) is 0 Å². The fourth-order valence-corrected chi connectivity index (χ4v) is 2.73. The Kier molecular flexibility index (Phi) is 3.72. The number of benzene rings is 1. The first kappa shape index (κ1) is 15.0. The maximum Gasteiger partial charge on any atom is 0.341 e. The number of aryl methyl sites for hydroxylation is 1. The minimum Gasteiger partial charge on any atom is -0.477 e. The summed E-state index contributed by atoms with van der Waals surface area (Å²) in [6.45, 7) is 1.77. The molecule has 0 bridgehead atoms. The Labute approximate surface area is 136 Å². The monoisotopic (exact) mass is 326 g/mol. The first-order chi connectivity index (χ1) is 11.0. The third-order valence-electron chi connectivity index (χ3n) is 3.56. The Morgan fingerprint density at radius 1 is 1.48 bits per heavy atom. The van der Waals surface area contributed by atoms with Crippen LogP contribution < -0.4 is 0 Å². The molecule has 114 valence electrons. The number of carboxylic acids is 1. The second-order valence-corrected chi connectivity index (χ2v) is 5.41. The van der Waals surface area contributed by atoms with E-state index in [2.05, 4.69) is 16.2 Å². The topological polar surface area (TPSA) is 91.3 Å². The van der Waals surface area contributed by atoms with Crippen LogP contribution in [0.5, 0.6) is 0 Å². The predicted octanol–water partition coefficient (Wildman–Crippen LogP) is 2.85. The van der Waals surface area contributed by atoms with Crippen molar-refractivity contribution in [2.75, 3.05) is 0 Å². The summed E-state index contributed by atoms with van der Waals surface area (Å²) in [5.74, 6) is -1.10. The van der Waals surface area contributed by atoms with Crippen molar-refractivity contribution < 1.29 is 9.90 Å². The Morgan fingerprint density at radius 2 is 2.26 bits per heavy atom. The zero-order valence-electron chi connectivity index (χ0n) is 12.1. The van der Waals surface area contributed by atoms with Crippen LogP contribution in [-0.2, 0) is 6.42 Å². The van der Waals surface area contributed by atoms with Crippen LogP contribution in [0.25, 0.3) is 5.65 Å². The number of rotatable bonds is 3. The maximum atomic E-state index is 11.2. The van der Waals surface area contributed by atoms with Gasteiger partial charge in [-0.2, -0.15) is 10.4 Å². The largest absolute Gasteiger partial charge is 0.477 e. The highest BCUT2D eigenvalue weighted by Crippen LogP contribution is 2.24. The highest BCUT2D eigenvalue weighted by molar-refractivity contribution is 6.30. The van der Waals surface area contributed by atoms with Crippen LogP contribution in [0.1, 0.15) is 32.7 Å². The van der Waals surface area contributed by atoms with Crippen molar-refractivity contribution in [3.8, 4) is 6.07 Å². The van der Waals surface area contributed by atoms with E-state index in [4.69, 9.17) is 22.0 Å². The number of carboxylic acid groups (broad SMARTS) is 1. The van der Waals surface area contributed by atoms with Crippen molar-refractivity contribution in [1.82, 2.24) is 14.6 Å². The smallest absolute Gasteiger partial charge is 0.341 e. The van der Waals surface area contributed by atoms with Crippen molar-refractivity contribution in [2.24, 2.45) is 0 Å². The molecule has 3 aromatic rings. The van der Waals surface area contributed by atoms with Crippen molar-refractivity contribution in [3.05, 3.63) is 63.6 Å². The molecule has 3 rings (SSSR count). The summed E-state index contributed by atoms with van der Waals surface area (Å²) in [4.78, 5) is 15.5. The van der Waals surface area contributed by atoms with Crippen LogP contribution in [-0.4, -0.2) is 25.7 Å². The molecule has 0 aliphatic heterocycles. The summed E-state index contributed by atoms with van der Waals surface area (Å²) < 4.78 is 1.32. The number of carbonyl (C=O) groups is 1. The molecule has 0 saturated carbocycles. The van der Waals surface area contributed by atoms with Crippen LogP contribution in [0.2, 0.25) is 5.15 Å². The van der Waals surface area contributed by atoms with E-state index in [1.807, 2.05) is 6.07 Å². The van der Waals surface area contributed by atoms with E-state index in [0.717, 1.165) is 11.1 Å². The van der Waals surface area contributed by atoms with E-state index in [9.17, 15) is 4.79 Å². The zero-order chi connectivity index (χ0) is 16.6. The summed E-state index contributed by atoms with van der Waals surface area (Å²) in [6, 6.07) is 9.31. The van der Waals surface area contributed by atoms with Gasteiger partial charge in [0.1, 0.15) is 10.7 Å². The number of halogens is 1. The molecular weight excluding hydrogens is 316 g/mol. The molecule has 2 heterocycles. The highest BCUT2D eigenvalue weighted by atomic mass is 35.5. The van der Waals surface area contributed by atoms with Crippen molar-refractivity contribution >= 4 is 23.2 Å². The molecule has 0 aliphatic rings. The average Bonchev–Trinajstić information content (AvgIpc) is 2.95. The Bertz CT molecular complexity index is 972. The number of fused-ring (bicyclic) bond motifs is 1. The highest BCUT2D eigenvalue weighted by Gasteiger charge is 2.18. The van der Waals surface area contributed by atoms with Crippen molar-refractivity contribution in [1.29, 1.82) is 5.26 Å². The van der Waals surface area contributed by atoms with Crippen molar-refractivity contribution in [2.45, 2.75) is 13.3 Å². The normalized spacial score (nSPS) is 10.7. The SMILES string of the molecule is Cc1nc2c(C(=O)O)cnn2c(Cl)c1Cc1cccc(C#N)c1. The van der Waals surface area contributed by atoms with E-state index >= 15 is 0 Å². The molecule has 6 nitrogen and oxygen atoms in total. The third kappa shape index (κ3) is 2.62. The zero-order valence-corrected chi connectivity index (χ0v) is 12.9. The van der Waals surface area contributed by atoms with Crippen LogP contribution in [0, 0.1) is 18.3 Å². The van der Waals surface area contributed by atoms with Crippen LogP contribution in [0.4, 0.5) is 0 Å². The number of aromatic carboxylic acids is 1. The molecule has 0 spiro atoms. The molecule has 1 aromatic carbocycles. The number of nitriles is 1. The molecule has 0 amide bonds. The third-order valence-corrected chi connectivity index (χ3v) is 3.94. The standard InChI is InChI=1S/C16H11ClN4O2/c1-9-12(6-10-3-2-4-11(5-10)7-18)14(17)21-15(20-9)13(8-19-21)16(22)23/h2-5,8H,6H2,1H3,(H,22,23). The van der Waals surface area contributed by atoms with E-state index in [-0.39, 0.29) is 11.2 Å². The van der Waals surface area contributed by atoms with Gasteiger partial charge in [0.2, 0.25) is 0 Å². The Morgan fingerprint density at radius 3 is 2.96 bits per heavy atom. The second kappa shape index (κ2) is 5.71. The minimum atomic E-state index is -1.10. The van der Waals surface area contributed by atoms with Gasteiger partial charge < -0.3 is 5.11 Å². The van der Waals surface area contributed by atoms with E-state index in [0.29, 0.717) is 22.8 Å². The summed E-state index contributed by atoms with van der Waals surface area (Å²) in [5.41, 5.74) is 3.09. The summed E-state index contributed by atoms with van der Waals surface area (Å²) in [6.07, 6.45) is 1.71. The molecule has 23 heavy (non-hydrogen) atoms. The summed E-state index contributed by atoms with van der Waals surface area (Å²) >= 11 is 6.39. The van der Waals surface area contributed by atoms with Gasteiger partial charge in [0.05, 0.1) is 17.8 Å². The fourth-order valence-electron chi connectivity index (χ4n) is 2.40. The van der Waals surface area contributed by atoms with Gasteiger partial charge in [0, 0.05) is 17.7 Å². The molecular formula is C16H11ClN4O2. The van der Waals surface area contributed by atoms with Gasteiger partial charge in [-0.25, -0.2) is 14.3 Å². The number of hydrogen-bond acceptors (Lipinski definition) is 4.